The number of nitrogens with zero attached hydrogens (tertiary/aromatic N) is 3. The molecule has 0 radical (unpaired) electrons. The first-order valence-electron chi connectivity index (χ1n) is 9.18. The van der Waals surface area contributed by atoms with E-state index in [2.05, 4.69) is 29.7 Å². The summed E-state index contributed by atoms with van der Waals surface area (Å²) in [4.78, 5) is 19.4. The summed E-state index contributed by atoms with van der Waals surface area (Å²) in [5.74, 6) is 1.29. The predicted octanol–water partition coefficient (Wildman–Crippen LogP) is 5.01. The number of unbranched alkanes of at least 4 members (excludes halogenated alkanes) is 1. The summed E-state index contributed by atoms with van der Waals surface area (Å²) in [7, 11) is 0. The summed E-state index contributed by atoms with van der Waals surface area (Å²) in [5, 5.41) is 0.679. The van der Waals surface area contributed by atoms with Gasteiger partial charge in [0.2, 0.25) is 5.91 Å². The van der Waals surface area contributed by atoms with Gasteiger partial charge in [-0.25, -0.2) is 4.98 Å². The Labute approximate surface area is 158 Å². The zero-order valence-corrected chi connectivity index (χ0v) is 15.6. The van der Waals surface area contributed by atoms with Gasteiger partial charge in [-0.1, -0.05) is 37.1 Å². The van der Waals surface area contributed by atoms with Crippen LogP contribution in [0.15, 0.2) is 48.5 Å². The molecule has 3 aromatic rings. The Bertz CT molecular complexity index is 932. The van der Waals surface area contributed by atoms with Crippen LogP contribution in [-0.2, 0) is 11.3 Å². The lowest BCUT2D eigenvalue weighted by Gasteiger charge is -2.17. The first-order chi connectivity index (χ1) is 12.7. The monoisotopic (exact) mass is 367 g/mol. The minimum atomic E-state index is 0.113. The second kappa shape index (κ2) is 7.12. The second-order valence-electron chi connectivity index (χ2n) is 6.85. The van der Waals surface area contributed by atoms with Crippen molar-refractivity contribution in [3.05, 3.63) is 59.4 Å². The molecule has 0 saturated carbocycles. The fourth-order valence-corrected chi connectivity index (χ4v) is 3.83. The van der Waals surface area contributed by atoms with Crippen LogP contribution in [-0.4, -0.2) is 22.0 Å². The highest BCUT2D eigenvalue weighted by atomic mass is 35.5. The summed E-state index contributed by atoms with van der Waals surface area (Å²) in [6, 6.07) is 15.7. The number of anilines is 1. The minimum absolute atomic E-state index is 0.113. The molecule has 1 aromatic heterocycles. The van der Waals surface area contributed by atoms with Crippen molar-refractivity contribution >= 4 is 34.2 Å². The van der Waals surface area contributed by atoms with E-state index in [4.69, 9.17) is 16.6 Å². The zero-order chi connectivity index (χ0) is 18.1. The van der Waals surface area contributed by atoms with Crippen LogP contribution in [0.4, 0.5) is 5.69 Å². The van der Waals surface area contributed by atoms with Crippen LogP contribution in [0, 0.1) is 0 Å². The van der Waals surface area contributed by atoms with Crippen molar-refractivity contribution in [1.29, 1.82) is 0 Å². The third kappa shape index (κ3) is 3.10. The lowest BCUT2D eigenvalue weighted by molar-refractivity contribution is -0.117. The van der Waals surface area contributed by atoms with Crippen LogP contribution in [0.1, 0.15) is 37.9 Å². The number of para-hydroxylation sites is 2. The number of aryl methyl sites for hydroxylation is 1. The van der Waals surface area contributed by atoms with Crippen molar-refractivity contribution in [3.8, 4) is 0 Å². The van der Waals surface area contributed by atoms with Gasteiger partial charge in [0.1, 0.15) is 5.82 Å². The largest absolute Gasteiger partial charge is 0.328 e. The van der Waals surface area contributed by atoms with Gasteiger partial charge < -0.3 is 9.47 Å². The van der Waals surface area contributed by atoms with E-state index in [1.807, 2.05) is 35.2 Å². The molecule has 2 heterocycles. The second-order valence-corrected chi connectivity index (χ2v) is 7.28. The third-order valence-electron chi connectivity index (χ3n) is 5.05. The maximum atomic E-state index is 12.6. The van der Waals surface area contributed by atoms with Gasteiger partial charge in [0.15, 0.2) is 0 Å². The van der Waals surface area contributed by atoms with Gasteiger partial charge in [0.05, 0.1) is 11.0 Å². The van der Waals surface area contributed by atoms with Crippen LogP contribution in [0.2, 0.25) is 5.02 Å². The molecule has 0 N–H and O–H groups in total. The highest BCUT2D eigenvalue weighted by Gasteiger charge is 2.34. The summed E-state index contributed by atoms with van der Waals surface area (Å²) in [6.45, 7) is 3.80. The molecule has 1 fully saturated rings. The SMILES string of the molecule is CCCCn1c([C@@H]2CC(=O)N(c3ccc(Cl)cc3)C2)nc2ccccc21. The Hall–Kier alpha value is -2.33. The minimum Gasteiger partial charge on any atom is -0.328 e. The molecule has 1 amide bonds. The van der Waals surface area contributed by atoms with Crippen molar-refractivity contribution in [3.63, 3.8) is 0 Å². The average molecular weight is 368 g/mol. The maximum absolute atomic E-state index is 12.6. The average Bonchev–Trinajstić information content (AvgIpc) is 3.21. The Morgan fingerprint density at radius 3 is 2.69 bits per heavy atom. The smallest absolute Gasteiger partial charge is 0.227 e. The molecule has 2 aromatic carbocycles. The van der Waals surface area contributed by atoms with E-state index in [-0.39, 0.29) is 11.8 Å². The molecule has 5 heteroatoms. The Morgan fingerprint density at radius 1 is 1.15 bits per heavy atom. The molecule has 0 bridgehead atoms. The van der Waals surface area contributed by atoms with Gasteiger partial charge in [0, 0.05) is 36.1 Å². The van der Waals surface area contributed by atoms with Gasteiger partial charge in [-0.3, -0.25) is 4.79 Å². The third-order valence-corrected chi connectivity index (χ3v) is 5.30. The van der Waals surface area contributed by atoms with Gasteiger partial charge in [-0.05, 0) is 42.8 Å². The molecule has 134 valence electrons. The Kier molecular flexibility index (Phi) is 4.68. The van der Waals surface area contributed by atoms with E-state index < -0.39 is 0 Å². The highest BCUT2D eigenvalue weighted by Crippen LogP contribution is 2.33. The topological polar surface area (TPSA) is 38.1 Å². The van der Waals surface area contributed by atoms with Crippen molar-refractivity contribution in [2.24, 2.45) is 0 Å². The Morgan fingerprint density at radius 2 is 1.92 bits per heavy atom. The molecule has 1 aliphatic rings. The van der Waals surface area contributed by atoms with Crippen molar-refractivity contribution in [2.45, 2.75) is 38.6 Å². The lowest BCUT2D eigenvalue weighted by atomic mass is 10.1. The number of hydrogen-bond donors (Lipinski definition) is 0. The van der Waals surface area contributed by atoms with Gasteiger partial charge in [0.25, 0.3) is 0 Å². The summed E-state index contributed by atoms with van der Waals surface area (Å²) in [6.07, 6.45) is 2.74. The van der Waals surface area contributed by atoms with Crippen molar-refractivity contribution in [2.75, 3.05) is 11.4 Å². The van der Waals surface area contributed by atoms with Gasteiger partial charge in [-0.15, -0.1) is 0 Å². The Balaban J connectivity index is 1.67. The molecule has 4 rings (SSSR count). The predicted molar refractivity (Wildman–Crippen MR) is 106 cm³/mol. The fraction of sp³-hybridized carbons (Fsp3) is 0.333. The molecule has 1 saturated heterocycles. The van der Waals surface area contributed by atoms with E-state index in [9.17, 15) is 4.79 Å². The van der Waals surface area contributed by atoms with E-state index in [1.54, 1.807) is 0 Å². The molecular formula is C21H22ClN3O. The van der Waals surface area contributed by atoms with E-state index >= 15 is 0 Å². The van der Waals surface area contributed by atoms with Gasteiger partial charge >= 0.3 is 0 Å². The van der Waals surface area contributed by atoms with Crippen LogP contribution < -0.4 is 4.90 Å². The molecular weight excluding hydrogens is 346 g/mol. The number of aromatic nitrogens is 2. The van der Waals surface area contributed by atoms with Crippen LogP contribution >= 0.6 is 11.6 Å². The normalized spacial score (nSPS) is 17.4. The number of carbonyl (C=O) groups excluding carboxylic acids is 1. The first kappa shape index (κ1) is 17.1. The van der Waals surface area contributed by atoms with E-state index in [0.29, 0.717) is 18.0 Å². The van der Waals surface area contributed by atoms with Crippen LogP contribution in [0.25, 0.3) is 11.0 Å². The van der Waals surface area contributed by atoms with E-state index in [0.717, 1.165) is 41.9 Å². The van der Waals surface area contributed by atoms with Crippen molar-refractivity contribution < 1.29 is 4.79 Å². The first-order valence-corrected chi connectivity index (χ1v) is 9.56. The highest BCUT2D eigenvalue weighted by molar-refractivity contribution is 6.30. The lowest BCUT2D eigenvalue weighted by Crippen LogP contribution is -2.24. The van der Waals surface area contributed by atoms with Crippen LogP contribution in [0.3, 0.4) is 0 Å². The number of hydrogen-bond acceptors (Lipinski definition) is 2. The number of carbonyl (C=O) groups is 1. The quantitative estimate of drug-likeness (QED) is 0.635. The summed E-state index contributed by atoms with van der Waals surface area (Å²) in [5.41, 5.74) is 3.07. The molecule has 0 spiro atoms. The molecule has 1 atom stereocenters. The number of benzene rings is 2. The number of fused-ring (bicyclic) bond motifs is 1. The van der Waals surface area contributed by atoms with Crippen molar-refractivity contribution in [1.82, 2.24) is 9.55 Å². The fourth-order valence-electron chi connectivity index (χ4n) is 3.71. The molecule has 0 aliphatic carbocycles. The standard InChI is InChI=1S/C21H22ClN3O/c1-2-3-12-24-19-7-5-4-6-18(19)23-21(24)15-13-20(26)25(14-15)17-10-8-16(22)9-11-17/h4-11,15H,2-3,12-14H2,1H3/t15-/m1/s1. The molecule has 0 unspecified atom stereocenters. The summed E-state index contributed by atoms with van der Waals surface area (Å²) < 4.78 is 2.31. The van der Waals surface area contributed by atoms with E-state index in [1.165, 1.54) is 0 Å². The molecule has 4 nitrogen and oxygen atoms in total. The maximum Gasteiger partial charge on any atom is 0.227 e. The zero-order valence-electron chi connectivity index (χ0n) is 14.9. The van der Waals surface area contributed by atoms with Gasteiger partial charge in [-0.2, -0.15) is 0 Å². The number of imidazole rings is 1. The molecule has 1 aliphatic heterocycles. The number of rotatable bonds is 5. The summed E-state index contributed by atoms with van der Waals surface area (Å²) >= 11 is 5.98. The molecule has 26 heavy (non-hydrogen) atoms. The number of amides is 1. The van der Waals surface area contributed by atoms with Crippen LogP contribution in [0.5, 0.6) is 0 Å². The number of halogens is 1.